The molecule has 0 N–H and O–H groups in total. The number of hydrogen-bond donors (Lipinski definition) is 0. The van der Waals surface area contributed by atoms with Gasteiger partial charge in [0, 0.05) is 10.6 Å². The van der Waals surface area contributed by atoms with Gasteiger partial charge in [0.2, 0.25) is 0 Å². The molecule has 6 nitrogen and oxygen atoms in total. The highest BCUT2D eigenvalue weighted by molar-refractivity contribution is 6.34. The highest BCUT2D eigenvalue weighted by Gasteiger charge is 2.32. The second kappa shape index (κ2) is 6.85. The van der Waals surface area contributed by atoms with E-state index in [0.717, 1.165) is 27.5 Å². The van der Waals surface area contributed by atoms with Gasteiger partial charge in [0.05, 0.1) is 22.6 Å². The number of benzene rings is 1. The topological polar surface area (TPSA) is 65.1 Å². The quantitative estimate of drug-likeness (QED) is 0.458. The second-order valence-electron chi connectivity index (χ2n) is 6.11. The van der Waals surface area contributed by atoms with E-state index in [1.54, 1.807) is 31.2 Å². The largest absolute Gasteiger partial charge is 0.433 e. The van der Waals surface area contributed by atoms with Crippen LogP contribution in [-0.4, -0.2) is 24.4 Å². The highest BCUT2D eigenvalue weighted by Crippen LogP contribution is 2.33. The molecule has 0 aliphatic rings. The van der Waals surface area contributed by atoms with Crippen molar-refractivity contribution in [3.05, 3.63) is 74.5 Å². The first-order chi connectivity index (χ1) is 13.7. The molecule has 0 spiro atoms. The Bertz CT molecular complexity index is 1280. The molecule has 29 heavy (non-hydrogen) atoms. The summed E-state index contributed by atoms with van der Waals surface area (Å²) < 4.78 is 40.2. The molecule has 0 fully saturated rings. The molecular weight excluding hydrogens is 430 g/mol. The number of aryl methyl sites for hydroxylation is 1. The van der Waals surface area contributed by atoms with E-state index in [9.17, 15) is 18.0 Å². The number of hydrogen-bond acceptors (Lipinski definition) is 4. The first-order valence-electron chi connectivity index (χ1n) is 8.14. The van der Waals surface area contributed by atoms with Crippen LogP contribution in [0.1, 0.15) is 11.4 Å². The normalized spacial score (nSPS) is 11.9. The van der Waals surface area contributed by atoms with Crippen molar-refractivity contribution >= 4 is 28.8 Å². The van der Waals surface area contributed by atoms with Crippen molar-refractivity contribution in [2.75, 3.05) is 0 Å². The Balaban J connectivity index is 1.95. The first kappa shape index (κ1) is 19.4. The monoisotopic (exact) mass is 439 g/mol. The molecule has 0 saturated heterocycles. The molecule has 0 radical (unpaired) electrons. The zero-order chi connectivity index (χ0) is 20.9. The summed E-state index contributed by atoms with van der Waals surface area (Å²) in [6.45, 7) is 1.63. The average molecular weight is 440 g/mol. The summed E-state index contributed by atoms with van der Waals surface area (Å²) in [5, 5.41) is 9.20. The van der Waals surface area contributed by atoms with Gasteiger partial charge in [-0.3, -0.25) is 0 Å². The van der Waals surface area contributed by atoms with Gasteiger partial charge in [-0.1, -0.05) is 35.3 Å². The van der Waals surface area contributed by atoms with Crippen LogP contribution < -0.4 is 5.69 Å². The van der Waals surface area contributed by atoms with E-state index in [1.165, 1.54) is 0 Å². The van der Waals surface area contributed by atoms with Gasteiger partial charge in [-0.15, -0.1) is 5.10 Å². The smallest absolute Gasteiger partial charge is 0.250 e. The van der Waals surface area contributed by atoms with Gasteiger partial charge < -0.3 is 0 Å². The minimum absolute atomic E-state index is 0.0596. The van der Waals surface area contributed by atoms with E-state index in [1.807, 2.05) is 0 Å². The van der Waals surface area contributed by atoms with Crippen LogP contribution in [0.4, 0.5) is 13.2 Å². The molecular formula is C18H10Cl2F3N5O. The van der Waals surface area contributed by atoms with Crippen molar-refractivity contribution in [1.82, 2.24) is 24.4 Å². The maximum Gasteiger partial charge on any atom is 0.433 e. The first-order valence-corrected chi connectivity index (χ1v) is 8.90. The van der Waals surface area contributed by atoms with E-state index in [2.05, 4.69) is 15.2 Å². The summed E-state index contributed by atoms with van der Waals surface area (Å²) in [7, 11) is 0. The van der Waals surface area contributed by atoms with E-state index >= 15 is 0 Å². The van der Waals surface area contributed by atoms with Crippen molar-refractivity contribution < 1.29 is 13.2 Å². The molecule has 0 unspecified atom stereocenters. The predicted molar refractivity (Wildman–Crippen MR) is 102 cm³/mol. The van der Waals surface area contributed by atoms with Gasteiger partial charge in [-0.2, -0.15) is 27.5 Å². The predicted octanol–water partition coefficient (Wildman–Crippen LogP) is 4.58. The average Bonchev–Trinajstić information content (AvgIpc) is 2.99. The molecule has 4 rings (SSSR count). The van der Waals surface area contributed by atoms with Gasteiger partial charge in [-0.05, 0) is 36.8 Å². The maximum absolute atomic E-state index is 12.8. The lowest BCUT2D eigenvalue weighted by Crippen LogP contribution is -2.22. The van der Waals surface area contributed by atoms with Crippen molar-refractivity contribution in [2.24, 2.45) is 0 Å². The molecule has 0 amide bonds. The van der Waals surface area contributed by atoms with Crippen LogP contribution in [0.2, 0.25) is 10.0 Å². The minimum Gasteiger partial charge on any atom is -0.250 e. The van der Waals surface area contributed by atoms with Gasteiger partial charge in [0.15, 0.2) is 5.65 Å². The molecule has 3 heterocycles. The van der Waals surface area contributed by atoms with Crippen LogP contribution in [0.25, 0.3) is 22.5 Å². The van der Waals surface area contributed by atoms with Crippen molar-refractivity contribution in [3.63, 3.8) is 0 Å². The lowest BCUT2D eigenvalue weighted by Gasteiger charge is -2.07. The van der Waals surface area contributed by atoms with Crippen molar-refractivity contribution in [2.45, 2.75) is 13.1 Å². The maximum atomic E-state index is 12.8. The summed E-state index contributed by atoms with van der Waals surface area (Å²) in [6, 6.07) is 8.64. The highest BCUT2D eigenvalue weighted by atomic mass is 35.5. The number of fused-ring (bicyclic) bond motifs is 1. The van der Waals surface area contributed by atoms with Crippen molar-refractivity contribution in [3.8, 4) is 16.8 Å². The Morgan fingerprint density at radius 2 is 1.69 bits per heavy atom. The Labute approximate surface area is 171 Å². The lowest BCUT2D eigenvalue weighted by molar-refractivity contribution is -0.141. The lowest BCUT2D eigenvalue weighted by atomic mass is 10.1. The fourth-order valence-corrected chi connectivity index (χ4v) is 3.16. The second-order valence-corrected chi connectivity index (χ2v) is 6.92. The van der Waals surface area contributed by atoms with Gasteiger partial charge in [-0.25, -0.2) is 9.78 Å². The van der Waals surface area contributed by atoms with Crippen LogP contribution in [0, 0.1) is 6.92 Å². The van der Waals surface area contributed by atoms with Crippen LogP contribution in [-0.2, 0) is 6.18 Å². The Morgan fingerprint density at radius 1 is 1.00 bits per heavy atom. The molecule has 11 heteroatoms. The molecule has 3 aromatic heterocycles. The number of rotatable bonds is 2. The van der Waals surface area contributed by atoms with Gasteiger partial charge >= 0.3 is 11.9 Å². The number of nitrogens with zero attached hydrogens (tertiary/aromatic N) is 5. The molecule has 0 aliphatic heterocycles. The molecule has 0 aliphatic carbocycles. The third kappa shape index (κ3) is 3.36. The minimum atomic E-state index is -4.59. The third-order valence-corrected chi connectivity index (χ3v) is 4.90. The summed E-state index contributed by atoms with van der Waals surface area (Å²) in [5.41, 5.74) is -0.0499. The summed E-state index contributed by atoms with van der Waals surface area (Å²) in [5.74, 6) is 0. The number of pyridine rings is 1. The Kier molecular flexibility index (Phi) is 4.59. The Hall–Kier alpha value is -2.91. The van der Waals surface area contributed by atoms with E-state index in [4.69, 9.17) is 23.2 Å². The Morgan fingerprint density at radius 3 is 2.28 bits per heavy atom. The third-order valence-electron chi connectivity index (χ3n) is 4.18. The number of halogens is 5. The summed E-state index contributed by atoms with van der Waals surface area (Å²) >= 11 is 12.4. The van der Waals surface area contributed by atoms with Crippen LogP contribution in [0.3, 0.4) is 0 Å². The zero-order valence-electron chi connectivity index (χ0n) is 14.6. The van der Waals surface area contributed by atoms with Crippen molar-refractivity contribution in [1.29, 1.82) is 0 Å². The molecule has 0 atom stereocenters. The molecule has 0 bridgehead atoms. The molecule has 148 valence electrons. The SMILES string of the molecule is Cc1nn2c(=O)n(-c3ccc(C(F)(F)F)nc3)nc2c(-c2ccc(Cl)cc2)c1Cl. The fraction of sp³-hybridized carbons (Fsp3) is 0.111. The summed E-state index contributed by atoms with van der Waals surface area (Å²) in [6.07, 6.45) is -3.66. The van der Waals surface area contributed by atoms with E-state index in [-0.39, 0.29) is 11.3 Å². The van der Waals surface area contributed by atoms with Gasteiger partial charge in [0.25, 0.3) is 0 Å². The summed E-state index contributed by atoms with van der Waals surface area (Å²) in [4.78, 5) is 16.2. The van der Waals surface area contributed by atoms with Crippen LogP contribution >= 0.6 is 23.2 Å². The van der Waals surface area contributed by atoms with E-state index in [0.29, 0.717) is 26.9 Å². The van der Waals surface area contributed by atoms with E-state index < -0.39 is 17.6 Å². The zero-order valence-corrected chi connectivity index (χ0v) is 16.1. The number of aromatic nitrogens is 5. The van der Waals surface area contributed by atoms with Crippen LogP contribution in [0.15, 0.2) is 47.4 Å². The fourth-order valence-electron chi connectivity index (χ4n) is 2.80. The molecule has 1 aromatic carbocycles. The number of alkyl halides is 3. The molecule has 0 saturated carbocycles. The van der Waals surface area contributed by atoms with Crippen LogP contribution in [0.5, 0.6) is 0 Å². The standard InChI is InChI=1S/C18H10Cl2F3N5O/c1-9-15(20)14(10-2-4-11(19)5-3-10)16-26-27(17(29)28(16)25-9)12-6-7-13(24-8-12)18(21,22)23/h2-8H,1H3. The molecule has 4 aromatic rings. The van der Waals surface area contributed by atoms with Gasteiger partial charge in [0.1, 0.15) is 5.69 Å².